The van der Waals surface area contributed by atoms with Crippen LogP contribution < -0.4 is 5.46 Å². The number of furan rings is 1. The molecule has 0 bridgehead atoms. The van der Waals surface area contributed by atoms with Gasteiger partial charge >= 0.3 is 7.12 Å². The summed E-state index contributed by atoms with van der Waals surface area (Å²) in [5.74, 6) is 0.481. The lowest BCUT2D eigenvalue weighted by Crippen LogP contribution is -2.30. The molecule has 5 rings (SSSR count). The number of aryl methyl sites for hydroxylation is 1. The zero-order valence-corrected chi connectivity index (χ0v) is 19.5. The fraction of sp³-hybridized carbons (Fsp3) is 0.0455. The third-order valence-electron chi connectivity index (χ3n) is 4.63. The number of aromatic nitrogens is 3. The van der Waals surface area contributed by atoms with Gasteiger partial charge in [-0.2, -0.15) is 0 Å². The van der Waals surface area contributed by atoms with Crippen LogP contribution in [-0.2, 0) is 0 Å². The summed E-state index contributed by atoms with van der Waals surface area (Å²) in [5.41, 5.74) is 3.75. The van der Waals surface area contributed by atoms with E-state index in [4.69, 9.17) is 14.5 Å². The monoisotopic (exact) mass is 539 g/mol. The van der Waals surface area contributed by atoms with Crippen LogP contribution in [0.5, 0.6) is 0 Å². The van der Waals surface area contributed by atoms with Gasteiger partial charge in [0, 0.05) is 39.3 Å². The van der Waals surface area contributed by atoms with Gasteiger partial charge in [-0.15, -0.1) is 0 Å². The van der Waals surface area contributed by atoms with E-state index < -0.39 is 7.12 Å². The van der Waals surface area contributed by atoms with Crippen molar-refractivity contribution in [1.82, 2.24) is 15.0 Å². The van der Waals surface area contributed by atoms with Gasteiger partial charge in [0.2, 0.25) is 0 Å². The third kappa shape index (κ3) is 4.69. The Balaban J connectivity index is 0.000000217. The Labute approximate surface area is 195 Å². The predicted molar refractivity (Wildman–Crippen MR) is 129 cm³/mol. The highest BCUT2D eigenvalue weighted by atomic mass is 79.9. The Hall–Kier alpha value is -2.59. The van der Waals surface area contributed by atoms with Crippen molar-refractivity contribution in [3.05, 3.63) is 81.8 Å². The molecule has 0 aliphatic carbocycles. The number of para-hydroxylation sites is 2. The highest BCUT2D eigenvalue weighted by Crippen LogP contribution is 2.34. The minimum atomic E-state index is -1.57. The van der Waals surface area contributed by atoms with E-state index in [1.807, 2.05) is 55.5 Å². The Morgan fingerprint density at radius 2 is 1.58 bits per heavy atom. The number of benzene rings is 2. The molecule has 0 saturated heterocycles. The summed E-state index contributed by atoms with van der Waals surface area (Å²) in [5, 5.41) is 20.3. The maximum absolute atomic E-state index is 9.11. The molecule has 0 fully saturated rings. The topological polar surface area (TPSA) is 92.3 Å². The van der Waals surface area contributed by atoms with Gasteiger partial charge in [0.15, 0.2) is 5.82 Å². The summed E-state index contributed by atoms with van der Waals surface area (Å²) < 4.78 is 7.86. The van der Waals surface area contributed by atoms with Crippen molar-refractivity contribution >= 4 is 66.4 Å². The first-order chi connectivity index (χ1) is 14.9. The van der Waals surface area contributed by atoms with Crippen LogP contribution in [-0.4, -0.2) is 32.1 Å². The number of hydrogen-bond acceptors (Lipinski definition) is 6. The zero-order chi connectivity index (χ0) is 22.0. The first-order valence-corrected chi connectivity index (χ1v) is 10.9. The number of halogens is 2. The maximum Gasteiger partial charge on any atom is 0.491 e. The molecule has 5 aromatic rings. The number of hydrogen-bond donors (Lipinski definition) is 2. The quantitative estimate of drug-likeness (QED) is 0.250. The lowest BCUT2D eigenvalue weighted by molar-refractivity contribution is 0.425. The van der Waals surface area contributed by atoms with Crippen LogP contribution in [0.2, 0.25) is 0 Å². The van der Waals surface area contributed by atoms with E-state index in [0.717, 1.165) is 36.6 Å². The lowest BCUT2D eigenvalue weighted by atomic mass is 9.83. The average molecular weight is 541 g/mol. The number of pyridine rings is 1. The molecule has 9 heteroatoms. The van der Waals surface area contributed by atoms with Crippen molar-refractivity contribution in [1.29, 1.82) is 0 Å². The molecule has 3 heterocycles. The van der Waals surface area contributed by atoms with Crippen LogP contribution in [0.3, 0.4) is 0 Å². The second-order valence-corrected chi connectivity index (χ2v) is 8.42. The van der Waals surface area contributed by atoms with Crippen LogP contribution in [0, 0.1) is 6.92 Å². The normalized spacial score (nSPS) is 10.7. The molecule has 0 radical (unpaired) electrons. The van der Waals surface area contributed by atoms with Crippen LogP contribution in [0.15, 0.2) is 80.6 Å². The number of rotatable bonds is 2. The van der Waals surface area contributed by atoms with Crippen molar-refractivity contribution in [2.24, 2.45) is 0 Å². The summed E-state index contributed by atoms with van der Waals surface area (Å²) in [7, 11) is -1.57. The molecule has 0 amide bonds. The summed E-state index contributed by atoms with van der Waals surface area (Å²) in [6.07, 6.45) is 4.57. The maximum atomic E-state index is 9.11. The average Bonchev–Trinajstić information content (AvgIpc) is 3.16. The van der Waals surface area contributed by atoms with Gasteiger partial charge < -0.3 is 14.5 Å². The second kappa shape index (κ2) is 9.27. The van der Waals surface area contributed by atoms with Crippen LogP contribution >= 0.6 is 31.9 Å². The van der Waals surface area contributed by atoms with Crippen LogP contribution in [0.4, 0.5) is 0 Å². The highest BCUT2D eigenvalue weighted by molar-refractivity contribution is 9.11. The van der Waals surface area contributed by atoms with Gasteiger partial charge in [-0.1, -0.05) is 30.3 Å². The summed E-state index contributed by atoms with van der Waals surface area (Å²) >= 11 is 6.61. The van der Waals surface area contributed by atoms with Crippen molar-refractivity contribution in [2.75, 3.05) is 0 Å². The smallest absolute Gasteiger partial charge is 0.455 e. The molecule has 0 unspecified atom stereocenters. The number of fused-ring (bicyclic) bond motifs is 3. The van der Waals surface area contributed by atoms with Gasteiger partial charge in [-0.05, 0) is 62.5 Å². The van der Waals surface area contributed by atoms with E-state index in [-0.39, 0.29) is 5.46 Å². The molecular formula is C22H16BBr2N3O3. The first-order valence-electron chi connectivity index (χ1n) is 9.30. The molecule has 0 atom stereocenters. The molecule has 0 aliphatic heterocycles. The number of nitrogens with zero attached hydrogens (tertiary/aromatic N) is 3. The molecular weight excluding hydrogens is 525 g/mol. The molecule has 0 saturated carbocycles. The largest absolute Gasteiger partial charge is 0.491 e. The van der Waals surface area contributed by atoms with Crippen molar-refractivity contribution in [2.45, 2.75) is 6.92 Å². The minimum absolute atomic E-state index is 0.250. The summed E-state index contributed by atoms with van der Waals surface area (Å²) in [6.45, 7) is 2.02. The van der Waals surface area contributed by atoms with Gasteiger partial charge in [0.25, 0.3) is 0 Å². The summed E-state index contributed by atoms with van der Waals surface area (Å²) in [6, 6.07) is 15.6. The lowest BCUT2D eigenvalue weighted by Gasteiger charge is -2.02. The van der Waals surface area contributed by atoms with Crippen LogP contribution in [0.25, 0.3) is 33.3 Å². The van der Waals surface area contributed by atoms with E-state index in [1.54, 1.807) is 6.20 Å². The first kappa shape index (κ1) is 21.6. The Morgan fingerprint density at radius 1 is 0.871 bits per heavy atom. The van der Waals surface area contributed by atoms with E-state index in [0.29, 0.717) is 5.82 Å². The van der Waals surface area contributed by atoms with Crippen molar-refractivity contribution < 1.29 is 14.5 Å². The second-order valence-electron chi connectivity index (χ2n) is 6.75. The fourth-order valence-corrected chi connectivity index (χ4v) is 3.70. The van der Waals surface area contributed by atoms with E-state index in [2.05, 4.69) is 46.8 Å². The SMILES string of the molecule is Cc1cc(Br)ncc1Br.OB(O)c1cnc(-c2cccc3c2oc2ccccc23)nc1. The molecule has 2 aromatic carbocycles. The molecule has 0 aliphatic rings. The fourth-order valence-electron chi connectivity index (χ4n) is 3.04. The molecule has 0 spiro atoms. The molecule has 2 N–H and O–H groups in total. The van der Waals surface area contributed by atoms with Crippen molar-refractivity contribution in [3.8, 4) is 11.4 Å². The predicted octanol–water partition coefficient (Wildman–Crippen LogP) is 4.64. The van der Waals surface area contributed by atoms with Crippen LogP contribution in [0.1, 0.15) is 5.56 Å². The Bertz CT molecular complexity index is 1360. The minimum Gasteiger partial charge on any atom is -0.455 e. The third-order valence-corrected chi connectivity index (χ3v) is 5.89. The van der Waals surface area contributed by atoms with Gasteiger partial charge in [-0.3, -0.25) is 0 Å². The molecule has 154 valence electrons. The van der Waals surface area contributed by atoms with E-state index in [9.17, 15) is 0 Å². The summed E-state index contributed by atoms with van der Waals surface area (Å²) in [4.78, 5) is 12.4. The molecule has 31 heavy (non-hydrogen) atoms. The van der Waals surface area contributed by atoms with Gasteiger partial charge in [0.1, 0.15) is 15.8 Å². The van der Waals surface area contributed by atoms with E-state index >= 15 is 0 Å². The zero-order valence-electron chi connectivity index (χ0n) is 16.3. The highest BCUT2D eigenvalue weighted by Gasteiger charge is 2.15. The van der Waals surface area contributed by atoms with E-state index in [1.165, 1.54) is 18.0 Å². The standard InChI is InChI=1S/C16H11BN2O3.C6H5Br2N/c20-17(21)10-8-18-16(19-9-10)13-6-3-5-12-11-4-1-2-7-14(11)22-15(12)13;1-4-2-6(8)9-3-5(4)7/h1-9,20-21H;2-3H,1H3. The van der Waals surface area contributed by atoms with Crippen molar-refractivity contribution in [3.63, 3.8) is 0 Å². The van der Waals surface area contributed by atoms with Gasteiger partial charge in [-0.25, -0.2) is 15.0 Å². The van der Waals surface area contributed by atoms with Gasteiger partial charge in [0.05, 0.1) is 5.56 Å². The Kier molecular flexibility index (Phi) is 6.47. The molecule has 6 nitrogen and oxygen atoms in total. The Morgan fingerprint density at radius 3 is 2.26 bits per heavy atom. The molecule has 3 aromatic heterocycles.